The third-order valence-corrected chi connectivity index (χ3v) is 3.91. The molecule has 2 nitrogen and oxygen atoms in total. The molecule has 0 aliphatic carbocycles. The Morgan fingerprint density at radius 3 is 2.43 bits per heavy atom. The summed E-state index contributed by atoms with van der Waals surface area (Å²) in [5.74, 6) is 0.948. The zero-order valence-corrected chi connectivity index (χ0v) is 13.4. The predicted octanol–water partition coefficient (Wildman–Crippen LogP) is 4.81. The standard InChI is InChI=1S/C19H25NO/c1-5-18(16-9-7-6-8-10-16)20-15(3)17-13-14(2)11-12-19(17)21-4/h6-13,15,18,20H,5H2,1-4H3. The molecular formula is C19H25NO. The van der Waals surface area contributed by atoms with Crippen molar-refractivity contribution in [3.63, 3.8) is 0 Å². The summed E-state index contributed by atoms with van der Waals surface area (Å²) in [5, 5.41) is 3.72. The number of hydrogen-bond donors (Lipinski definition) is 1. The number of nitrogens with one attached hydrogen (secondary N) is 1. The molecule has 2 heteroatoms. The van der Waals surface area contributed by atoms with Gasteiger partial charge in [-0.3, -0.25) is 0 Å². The lowest BCUT2D eigenvalue weighted by Gasteiger charge is -2.24. The van der Waals surface area contributed by atoms with E-state index in [0.29, 0.717) is 6.04 Å². The summed E-state index contributed by atoms with van der Waals surface area (Å²) in [5.41, 5.74) is 3.80. The van der Waals surface area contributed by atoms with E-state index < -0.39 is 0 Å². The number of rotatable bonds is 6. The van der Waals surface area contributed by atoms with Crippen molar-refractivity contribution in [2.45, 2.75) is 39.3 Å². The third kappa shape index (κ3) is 3.85. The Balaban J connectivity index is 2.20. The summed E-state index contributed by atoms with van der Waals surface area (Å²) < 4.78 is 5.50. The van der Waals surface area contributed by atoms with Gasteiger partial charge in [-0.2, -0.15) is 0 Å². The molecule has 2 atom stereocenters. The van der Waals surface area contributed by atoms with Crippen LogP contribution in [0.3, 0.4) is 0 Å². The van der Waals surface area contributed by atoms with Crippen LogP contribution in [-0.4, -0.2) is 7.11 Å². The van der Waals surface area contributed by atoms with Crippen LogP contribution in [0.15, 0.2) is 48.5 Å². The maximum atomic E-state index is 5.50. The summed E-state index contributed by atoms with van der Waals surface area (Å²) in [6, 6.07) is 17.5. The van der Waals surface area contributed by atoms with Crippen LogP contribution in [0, 0.1) is 6.92 Å². The van der Waals surface area contributed by atoms with Gasteiger partial charge in [0.15, 0.2) is 0 Å². The molecule has 0 bridgehead atoms. The molecule has 0 aliphatic rings. The van der Waals surface area contributed by atoms with E-state index >= 15 is 0 Å². The Bertz CT molecular complexity index is 565. The van der Waals surface area contributed by atoms with Gasteiger partial charge in [0.2, 0.25) is 0 Å². The zero-order valence-electron chi connectivity index (χ0n) is 13.4. The molecule has 0 fully saturated rings. The molecule has 0 saturated heterocycles. The van der Waals surface area contributed by atoms with Gasteiger partial charge < -0.3 is 10.1 Å². The summed E-state index contributed by atoms with van der Waals surface area (Å²) in [6.07, 6.45) is 1.06. The second-order valence-electron chi connectivity index (χ2n) is 5.51. The van der Waals surface area contributed by atoms with E-state index in [2.05, 4.69) is 68.6 Å². The van der Waals surface area contributed by atoms with Crippen molar-refractivity contribution in [3.05, 3.63) is 65.2 Å². The molecule has 0 amide bonds. The van der Waals surface area contributed by atoms with Crippen LogP contribution in [0.5, 0.6) is 5.75 Å². The molecule has 0 heterocycles. The Kier molecular flexibility index (Phi) is 5.40. The van der Waals surface area contributed by atoms with Crippen LogP contribution in [0.4, 0.5) is 0 Å². The Morgan fingerprint density at radius 2 is 1.81 bits per heavy atom. The van der Waals surface area contributed by atoms with E-state index in [9.17, 15) is 0 Å². The minimum absolute atomic E-state index is 0.241. The zero-order chi connectivity index (χ0) is 15.2. The molecule has 2 aromatic rings. The Morgan fingerprint density at radius 1 is 1.10 bits per heavy atom. The number of hydrogen-bond acceptors (Lipinski definition) is 2. The first-order chi connectivity index (χ1) is 10.2. The topological polar surface area (TPSA) is 21.3 Å². The van der Waals surface area contributed by atoms with Gasteiger partial charge in [0, 0.05) is 17.6 Å². The maximum Gasteiger partial charge on any atom is 0.123 e. The van der Waals surface area contributed by atoms with Gasteiger partial charge in [-0.25, -0.2) is 0 Å². The molecule has 0 radical (unpaired) electrons. The molecule has 2 unspecified atom stereocenters. The van der Waals surface area contributed by atoms with Crippen molar-refractivity contribution < 1.29 is 4.74 Å². The highest BCUT2D eigenvalue weighted by Gasteiger charge is 2.16. The van der Waals surface area contributed by atoms with Gasteiger partial charge in [0.05, 0.1) is 7.11 Å². The highest BCUT2D eigenvalue weighted by atomic mass is 16.5. The van der Waals surface area contributed by atoms with E-state index in [-0.39, 0.29) is 6.04 Å². The fraction of sp³-hybridized carbons (Fsp3) is 0.368. The van der Waals surface area contributed by atoms with Gasteiger partial charge in [-0.15, -0.1) is 0 Å². The van der Waals surface area contributed by atoms with Gasteiger partial charge in [-0.1, -0.05) is 55.0 Å². The van der Waals surface area contributed by atoms with Crippen LogP contribution in [0.1, 0.15) is 49.0 Å². The summed E-state index contributed by atoms with van der Waals surface area (Å²) >= 11 is 0. The molecular weight excluding hydrogens is 258 g/mol. The van der Waals surface area contributed by atoms with Crippen LogP contribution in [0.2, 0.25) is 0 Å². The minimum Gasteiger partial charge on any atom is -0.496 e. The van der Waals surface area contributed by atoms with Crippen molar-refractivity contribution in [3.8, 4) is 5.75 Å². The Labute approximate surface area is 128 Å². The summed E-state index contributed by atoms with van der Waals surface area (Å²) in [6.45, 7) is 6.53. The molecule has 112 valence electrons. The molecule has 0 aliphatic heterocycles. The van der Waals surface area contributed by atoms with Crippen molar-refractivity contribution in [2.24, 2.45) is 0 Å². The van der Waals surface area contributed by atoms with E-state index in [1.165, 1.54) is 16.7 Å². The summed E-state index contributed by atoms with van der Waals surface area (Å²) in [7, 11) is 1.73. The van der Waals surface area contributed by atoms with Gasteiger partial charge in [0.25, 0.3) is 0 Å². The fourth-order valence-electron chi connectivity index (χ4n) is 2.72. The number of methoxy groups -OCH3 is 1. The van der Waals surface area contributed by atoms with Crippen LogP contribution in [0.25, 0.3) is 0 Å². The van der Waals surface area contributed by atoms with Crippen LogP contribution < -0.4 is 10.1 Å². The van der Waals surface area contributed by atoms with Gasteiger partial charge in [0.1, 0.15) is 5.75 Å². The highest BCUT2D eigenvalue weighted by Crippen LogP contribution is 2.29. The molecule has 0 aromatic heterocycles. The quantitative estimate of drug-likeness (QED) is 0.821. The first-order valence-electron chi connectivity index (χ1n) is 7.61. The third-order valence-electron chi connectivity index (χ3n) is 3.91. The van der Waals surface area contributed by atoms with Crippen molar-refractivity contribution in [1.29, 1.82) is 0 Å². The van der Waals surface area contributed by atoms with Gasteiger partial charge in [-0.05, 0) is 31.9 Å². The van der Waals surface area contributed by atoms with E-state index in [0.717, 1.165) is 12.2 Å². The normalized spacial score (nSPS) is 13.7. The molecule has 2 rings (SSSR count). The molecule has 0 spiro atoms. The largest absolute Gasteiger partial charge is 0.496 e. The number of benzene rings is 2. The second-order valence-corrected chi connectivity index (χ2v) is 5.51. The smallest absolute Gasteiger partial charge is 0.123 e. The fourth-order valence-corrected chi connectivity index (χ4v) is 2.72. The average Bonchev–Trinajstić information content (AvgIpc) is 2.53. The van der Waals surface area contributed by atoms with E-state index in [4.69, 9.17) is 4.74 Å². The lowest BCUT2D eigenvalue weighted by atomic mass is 10.00. The van der Waals surface area contributed by atoms with Crippen molar-refractivity contribution >= 4 is 0 Å². The lowest BCUT2D eigenvalue weighted by Crippen LogP contribution is -2.24. The van der Waals surface area contributed by atoms with E-state index in [1.807, 2.05) is 6.07 Å². The molecule has 0 saturated carbocycles. The maximum absolute atomic E-state index is 5.50. The number of aryl methyl sites for hydroxylation is 1. The second kappa shape index (κ2) is 7.28. The first kappa shape index (κ1) is 15.6. The van der Waals surface area contributed by atoms with E-state index in [1.54, 1.807) is 7.11 Å². The SMILES string of the molecule is CCC(NC(C)c1cc(C)ccc1OC)c1ccccc1. The Hall–Kier alpha value is -1.80. The first-order valence-corrected chi connectivity index (χ1v) is 7.61. The number of ether oxygens (including phenoxy) is 1. The van der Waals surface area contributed by atoms with Crippen molar-refractivity contribution in [1.82, 2.24) is 5.32 Å². The predicted molar refractivity (Wildman–Crippen MR) is 88.8 cm³/mol. The van der Waals surface area contributed by atoms with Crippen LogP contribution in [-0.2, 0) is 0 Å². The molecule has 21 heavy (non-hydrogen) atoms. The monoisotopic (exact) mass is 283 g/mol. The average molecular weight is 283 g/mol. The summed E-state index contributed by atoms with van der Waals surface area (Å²) in [4.78, 5) is 0. The van der Waals surface area contributed by atoms with Crippen LogP contribution >= 0.6 is 0 Å². The molecule has 2 aromatic carbocycles. The van der Waals surface area contributed by atoms with Gasteiger partial charge >= 0.3 is 0 Å². The minimum atomic E-state index is 0.241. The lowest BCUT2D eigenvalue weighted by molar-refractivity contribution is 0.392. The highest BCUT2D eigenvalue weighted by molar-refractivity contribution is 5.39. The molecule has 1 N–H and O–H groups in total. The van der Waals surface area contributed by atoms with Crippen molar-refractivity contribution in [2.75, 3.05) is 7.11 Å².